The summed E-state index contributed by atoms with van der Waals surface area (Å²) in [6.45, 7) is 8.04. The zero-order valence-electron chi connectivity index (χ0n) is 8.34. The van der Waals surface area contributed by atoms with Gasteiger partial charge in [0, 0.05) is 26.2 Å². The minimum atomic E-state index is 0.298. The molecule has 0 rings (SSSR count). The van der Waals surface area contributed by atoms with Gasteiger partial charge < -0.3 is 10.5 Å². The zero-order chi connectivity index (χ0) is 9.56. The maximum atomic E-state index is 5.58. The summed E-state index contributed by atoms with van der Waals surface area (Å²) in [5.74, 6) is 0. The molecule has 2 N–H and O–H groups in total. The van der Waals surface area contributed by atoms with Gasteiger partial charge in [-0.2, -0.15) is 0 Å². The second-order valence-corrected chi connectivity index (χ2v) is 3.22. The lowest BCUT2D eigenvalue weighted by Crippen LogP contribution is -2.41. The lowest BCUT2D eigenvalue weighted by Gasteiger charge is -2.26. The van der Waals surface area contributed by atoms with Gasteiger partial charge in [0.05, 0.1) is 6.61 Å². The van der Waals surface area contributed by atoms with Crippen molar-refractivity contribution in [1.29, 1.82) is 0 Å². The Balaban J connectivity index is 3.84. The molecule has 12 heavy (non-hydrogen) atoms. The summed E-state index contributed by atoms with van der Waals surface area (Å²) in [4.78, 5) is 2.16. The summed E-state index contributed by atoms with van der Waals surface area (Å²) in [7, 11) is 3.72. The second kappa shape index (κ2) is 6.17. The van der Waals surface area contributed by atoms with Crippen molar-refractivity contribution in [3.05, 3.63) is 12.2 Å². The number of hydrogen-bond donors (Lipinski definition) is 1. The predicted molar refractivity (Wildman–Crippen MR) is 52.2 cm³/mol. The highest BCUT2D eigenvalue weighted by Gasteiger charge is 2.11. The van der Waals surface area contributed by atoms with E-state index in [-0.39, 0.29) is 0 Å². The van der Waals surface area contributed by atoms with Crippen LogP contribution in [0.5, 0.6) is 0 Å². The molecule has 0 bridgehead atoms. The van der Waals surface area contributed by atoms with E-state index in [0.717, 1.165) is 12.1 Å². The average molecular weight is 172 g/mol. The van der Waals surface area contributed by atoms with Crippen molar-refractivity contribution in [1.82, 2.24) is 4.90 Å². The maximum Gasteiger partial charge on any atom is 0.0630 e. The summed E-state index contributed by atoms with van der Waals surface area (Å²) in [6, 6.07) is 0.298. The number of nitrogens with zero attached hydrogens (tertiary/aromatic N) is 1. The minimum absolute atomic E-state index is 0.298. The number of ether oxygens (including phenoxy) is 1. The first kappa shape index (κ1) is 11.6. The SMILES string of the molecule is C=C(C)CN(C)C(CN)COC. The van der Waals surface area contributed by atoms with Crippen molar-refractivity contribution in [2.75, 3.05) is 33.9 Å². The molecule has 0 spiro atoms. The first-order valence-corrected chi connectivity index (χ1v) is 4.15. The Morgan fingerprint density at radius 1 is 1.67 bits per heavy atom. The van der Waals surface area contributed by atoms with Gasteiger partial charge in [-0.05, 0) is 14.0 Å². The molecule has 0 saturated carbocycles. The van der Waals surface area contributed by atoms with Gasteiger partial charge in [0.25, 0.3) is 0 Å². The van der Waals surface area contributed by atoms with Crippen LogP contribution in [0.1, 0.15) is 6.92 Å². The Labute approximate surface area is 75.2 Å². The molecule has 0 fully saturated rings. The van der Waals surface area contributed by atoms with E-state index in [0.29, 0.717) is 19.2 Å². The van der Waals surface area contributed by atoms with Crippen LogP contribution in [0.2, 0.25) is 0 Å². The molecule has 0 aliphatic heterocycles. The zero-order valence-corrected chi connectivity index (χ0v) is 8.34. The Morgan fingerprint density at radius 2 is 2.25 bits per heavy atom. The fourth-order valence-electron chi connectivity index (χ4n) is 1.12. The van der Waals surface area contributed by atoms with Crippen LogP contribution in [0, 0.1) is 0 Å². The molecule has 3 nitrogen and oxygen atoms in total. The van der Waals surface area contributed by atoms with E-state index in [1.807, 2.05) is 14.0 Å². The summed E-state index contributed by atoms with van der Waals surface area (Å²) < 4.78 is 5.05. The summed E-state index contributed by atoms with van der Waals surface area (Å²) in [5.41, 5.74) is 6.73. The van der Waals surface area contributed by atoms with Gasteiger partial charge in [-0.15, -0.1) is 0 Å². The molecule has 0 aromatic heterocycles. The molecule has 0 aromatic rings. The summed E-state index contributed by atoms with van der Waals surface area (Å²) >= 11 is 0. The van der Waals surface area contributed by atoms with Crippen LogP contribution >= 0.6 is 0 Å². The molecule has 0 aromatic carbocycles. The standard InChI is InChI=1S/C9H20N2O/c1-8(2)6-11(3)9(5-10)7-12-4/h9H,1,5-7,10H2,2-4H3. The average Bonchev–Trinajstić information content (AvgIpc) is 1.98. The summed E-state index contributed by atoms with van der Waals surface area (Å²) in [5, 5.41) is 0. The van der Waals surface area contributed by atoms with Gasteiger partial charge in [0.2, 0.25) is 0 Å². The van der Waals surface area contributed by atoms with E-state index < -0.39 is 0 Å². The molecule has 0 amide bonds. The van der Waals surface area contributed by atoms with E-state index in [1.165, 1.54) is 0 Å². The molecule has 0 aliphatic carbocycles. The van der Waals surface area contributed by atoms with E-state index in [9.17, 15) is 0 Å². The first-order chi connectivity index (χ1) is 5.61. The van der Waals surface area contributed by atoms with Crippen molar-refractivity contribution < 1.29 is 4.74 Å². The molecule has 1 unspecified atom stereocenters. The van der Waals surface area contributed by atoms with Crippen LogP contribution in [0.3, 0.4) is 0 Å². The van der Waals surface area contributed by atoms with E-state index in [2.05, 4.69) is 11.5 Å². The molecule has 3 heteroatoms. The third-order valence-corrected chi connectivity index (χ3v) is 1.77. The van der Waals surface area contributed by atoms with Crippen LogP contribution in [0.15, 0.2) is 12.2 Å². The van der Waals surface area contributed by atoms with Crippen LogP contribution in [-0.2, 0) is 4.74 Å². The molecule has 0 heterocycles. The number of likely N-dealkylation sites (N-methyl/N-ethyl adjacent to an activating group) is 1. The van der Waals surface area contributed by atoms with Gasteiger partial charge in [0.1, 0.15) is 0 Å². The topological polar surface area (TPSA) is 38.5 Å². The van der Waals surface area contributed by atoms with Crippen molar-refractivity contribution in [2.45, 2.75) is 13.0 Å². The van der Waals surface area contributed by atoms with Gasteiger partial charge in [-0.1, -0.05) is 12.2 Å². The maximum absolute atomic E-state index is 5.58. The Bertz CT molecular complexity index is 136. The quantitative estimate of drug-likeness (QED) is 0.592. The van der Waals surface area contributed by atoms with E-state index in [1.54, 1.807) is 7.11 Å². The fourth-order valence-corrected chi connectivity index (χ4v) is 1.12. The normalized spacial score (nSPS) is 13.4. The van der Waals surface area contributed by atoms with Crippen LogP contribution < -0.4 is 5.73 Å². The molecule has 0 aliphatic rings. The lowest BCUT2D eigenvalue weighted by atomic mass is 10.2. The summed E-state index contributed by atoms with van der Waals surface area (Å²) in [6.07, 6.45) is 0. The minimum Gasteiger partial charge on any atom is -0.383 e. The molecule has 1 atom stereocenters. The van der Waals surface area contributed by atoms with Crippen molar-refractivity contribution >= 4 is 0 Å². The van der Waals surface area contributed by atoms with Crippen LogP contribution in [-0.4, -0.2) is 44.8 Å². The van der Waals surface area contributed by atoms with Crippen LogP contribution in [0.4, 0.5) is 0 Å². The monoisotopic (exact) mass is 172 g/mol. The second-order valence-electron chi connectivity index (χ2n) is 3.22. The Kier molecular flexibility index (Phi) is 5.98. The van der Waals surface area contributed by atoms with Crippen LogP contribution in [0.25, 0.3) is 0 Å². The third-order valence-electron chi connectivity index (χ3n) is 1.77. The van der Waals surface area contributed by atoms with Gasteiger partial charge in [0.15, 0.2) is 0 Å². The van der Waals surface area contributed by atoms with Crippen molar-refractivity contribution in [3.63, 3.8) is 0 Å². The molecular weight excluding hydrogens is 152 g/mol. The fraction of sp³-hybridized carbons (Fsp3) is 0.778. The largest absolute Gasteiger partial charge is 0.383 e. The van der Waals surface area contributed by atoms with Crippen molar-refractivity contribution in [3.8, 4) is 0 Å². The lowest BCUT2D eigenvalue weighted by molar-refractivity contribution is 0.115. The molecule has 0 radical (unpaired) electrons. The number of rotatable bonds is 6. The number of hydrogen-bond acceptors (Lipinski definition) is 3. The predicted octanol–water partition coefficient (Wildman–Crippen LogP) is 0.468. The van der Waals surface area contributed by atoms with Gasteiger partial charge in [-0.25, -0.2) is 0 Å². The highest BCUT2D eigenvalue weighted by Crippen LogP contribution is 1.99. The smallest absolute Gasteiger partial charge is 0.0630 e. The highest BCUT2D eigenvalue weighted by molar-refractivity contribution is 4.92. The Hall–Kier alpha value is -0.380. The number of methoxy groups -OCH3 is 1. The third kappa shape index (κ3) is 4.49. The van der Waals surface area contributed by atoms with Crippen molar-refractivity contribution in [2.24, 2.45) is 5.73 Å². The number of nitrogens with two attached hydrogens (primary N) is 1. The Morgan fingerprint density at radius 3 is 2.58 bits per heavy atom. The first-order valence-electron chi connectivity index (χ1n) is 4.15. The molecule has 0 saturated heterocycles. The van der Waals surface area contributed by atoms with Gasteiger partial charge >= 0.3 is 0 Å². The highest BCUT2D eigenvalue weighted by atomic mass is 16.5. The molecule has 72 valence electrons. The van der Waals surface area contributed by atoms with E-state index in [4.69, 9.17) is 10.5 Å². The molecular formula is C9H20N2O. The van der Waals surface area contributed by atoms with Gasteiger partial charge in [-0.3, -0.25) is 4.90 Å². The van der Waals surface area contributed by atoms with E-state index >= 15 is 0 Å².